The Kier molecular flexibility index (Phi) is 6.19. The first-order valence-corrected chi connectivity index (χ1v) is 8.97. The number of carbonyl (C=O) groups is 1. The Balaban J connectivity index is 1.43. The Labute approximate surface area is 148 Å². The van der Waals surface area contributed by atoms with Crippen LogP contribution in [0.3, 0.4) is 0 Å². The van der Waals surface area contributed by atoms with Crippen LogP contribution in [0.4, 0.5) is 0 Å². The van der Waals surface area contributed by atoms with Crippen LogP contribution in [0.15, 0.2) is 42.7 Å². The van der Waals surface area contributed by atoms with E-state index < -0.39 is 0 Å². The molecule has 134 valence electrons. The maximum absolute atomic E-state index is 12.1. The third kappa shape index (κ3) is 4.90. The van der Waals surface area contributed by atoms with Gasteiger partial charge in [-0.1, -0.05) is 24.6 Å². The van der Waals surface area contributed by atoms with Gasteiger partial charge in [0.05, 0.1) is 25.0 Å². The fraction of sp³-hybridized carbons (Fsp3) is 0.474. The first kappa shape index (κ1) is 17.6. The zero-order valence-electron chi connectivity index (χ0n) is 14.5. The lowest BCUT2D eigenvalue weighted by atomic mass is 10.0. The smallest absolute Gasteiger partial charge is 0.234 e. The summed E-state index contributed by atoms with van der Waals surface area (Å²) in [6.45, 7) is 1.99. The number of hydrogen-bond acceptors (Lipinski definition) is 4. The van der Waals surface area contributed by atoms with Crippen molar-refractivity contribution in [2.24, 2.45) is 0 Å². The first-order chi connectivity index (χ1) is 12.3. The molecule has 1 atom stereocenters. The minimum Gasteiger partial charge on any atom is -0.395 e. The number of aromatic nitrogens is 2. The molecule has 0 aliphatic carbocycles. The van der Waals surface area contributed by atoms with Gasteiger partial charge >= 0.3 is 0 Å². The van der Waals surface area contributed by atoms with Gasteiger partial charge in [0.25, 0.3) is 0 Å². The van der Waals surface area contributed by atoms with Crippen LogP contribution in [-0.4, -0.2) is 58.0 Å². The van der Waals surface area contributed by atoms with Crippen LogP contribution in [0.25, 0.3) is 5.69 Å². The molecule has 0 bridgehead atoms. The minimum absolute atomic E-state index is 0.0239. The van der Waals surface area contributed by atoms with Gasteiger partial charge in [-0.3, -0.25) is 9.69 Å². The normalized spacial score (nSPS) is 18.2. The standard InChI is InChI=1S/C19H26N4O2/c24-15-18-8-4-5-11-22(18)14-19(25)20-10-9-16-12-21-23(13-16)17-6-2-1-3-7-17/h1-3,6-7,12-13,18,24H,4-5,8-11,14-15H2,(H,20,25). The van der Waals surface area contributed by atoms with E-state index in [1.165, 1.54) is 0 Å². The minimum atomic E-state index is 0.0239. The molecule has 1 saturated heterocycles. The molecule has 1 amide bonds. The van der Waals surface area contributed by atoms with Crippen LogP contribution in [0.1, 0.15) is 24.8 Å². The van der Waals surface area contributed by atoms with Gasteiger partial charge in [0.15, 0.2) is 0 Å². The Bertz CT molecular complexity index is 671. The zero-order valence-corrected chi connectivity index (χ0v) is 14.5. The van der Waals surface area contributed by atoms with Crippen molar-refractivity contribution in [1.82, 2.24) is 20.0 Å². The van der Waals surface area contributed by atoms with Gasteiger partial charge in [-0.15, -0.1) is 0 Å². The highest BCUT2D eigenvalue weighted by atomic mass is 16.3. The number of nitrogens with one attached hydrogen (secondary N) is 1. The van der Waals surface area contributed by atoms with Gasteiger partial charge in [0.1, 0.15) is 0 Å². The average Bonchev–Trinajstić information content (AvgIpc) is 3.12. The number of rotatable bonds is 7. The molecule has 25 heavy (non-hydrogen) atoms. The second kappa shape index (κ2) is 8.78. The molecule has 0 saturated carbocycles. The number of benzene rings is 1. The number of aliphatic hydroxyl groups excluding tert-OH is 1. The summed E-state index contributed by atoms with van der Waals surface area (Å²) in [6, 6.07) is 10.1. The summed E-state index contributed by atoms with van der Waals surface area (Å²) >= 11 is 0. The van der Waals surface area contributed by atoms with Gasteiger partial charge in [-0.2, -0.15) is 5.10 Å². The van der Waals surface area contributed by atoms with Crippen molar-refractivity contribution < 1.29 is 9.90 Å². The number of aliphatic hydroxyl groups is 1. The number of para-hydroxylation sites is 1. The molecule has 1 aromatic carbocycles. The predicted molar refractivity (Wildman–Crippen MR) is 96.6 cm³/mol. The summed E-state index contributed by atoms with van der Waals surface area (Å²) < 4.78 is 1.84. The number of nitrogens with zero attached hydrogens (tertiary/aromatic N) is 3. The van der Waals surface area contributed by atoms with E-state index in [0.29, 0.717) is 13.1 Å². The van der Waals surface area contributed by atoms with E-state index >= 15 is 0 Å². The molecule has 1 aliphatic heterocycles. The quantitative estimate of drug-likeness (QED) is 0.797. The Hall–Kier alpha value is -2.18. The molecule has 2 aromatic rings. The van der Waals surface area contributed by atoms with Crippen LogP contribution in [0, 0.1) is 0 Å². The number of piperidine rings is 1. The molecule has 6 heteroatoms. The molecule has 1 aliphatic rings. The van der Waals surface area contributed by atoms with Crippen molar-refractivity contribution >= 4 is 5.91 Å². The average molecular weight is 342 g/mol. The van der Waals surface area contributed by atoms with E-state index in [9.17, 15) is 9.90 Å². The van der Waals surface area contributed by atoms with Crippen LogP contribution in [-0.2, 0) is 11.2 Å². The fourth-order valence-electron chi connectivity index (χ4n) is 3.27. The lowest BCUT2D eigenvalue weighted by molar-refractivity contribution is -0.123. The summed E-state index contributed by atoms with van der Waals surface area (Å²) in [5.74, 6) is 0.0239. The SMILES string of the molecule is O=C(CN1CCCCC1CO)NCCc1cnn(-c2ccccc2)c1. The van der Waals surface area contributed by atoms with E-state index in [-0.39, 0.29) is 18.6 Å². The second-order valence-corrected chi connectivity index (χ2v) is 6.53. The molecular formula is C19H26N4O2. The van der Waals surface area contributed by atoms with Gasteiger partial charge in [0, 0.05) is 18.8 Å². The lowest BCUT2D eigenvalue weighted by Crippen LogP contribution is -2.47. The fourth-order valence-corrected chi connectivity index (χ4v) is 3.27. The number of carbonyl (C=O) groups excluding carboxylic acids is 1. The van der Waals surface area contributed by atoms with Crippen molar-refractivity contribution in [3.63, 3.8) is 0 Å². The molecule has 2 N–H and O–H groups in total. The molecular weight excluding hydrogens is 316 g/mol. The largest absolute Gasteiger partial charge is 0.395 e. The summed E-state index contributed by atoms with van der Waals surface area (Å²) in [7, 11) is 0. The van der Waals surface area contributed by atoms with Crippen LogP contribution < -0.4 is 5.32 Å². The number of amides is 1. The van der Waals surface area contributed by atoms with Crippen molar-refractivity contribution in [2.75, 3.05) is 26.2 Å². The van der Waals surface area contributed by atoms with Crippen molar-refractivity contribution in [1.29, 1.82) is 0 Å². The van der Waals surface area contributed by atoms with E-state index in [1.54, 1.807) is 0 Å². The lowest BCUT2D eigenvalue weighted by Gasteiger charge is -2.33. The molecule has 1 unspecified atom stereocenters. The van der Waals surface area contributed by atoms with E-state index in [4.69, 9.17) is 0 Å². The summed E-state index contributed by atoms with van der Waals surface area (Å²) in [4.78, 5) is 14.2. The van der Waals surface area contributed by atoms with Crippen LogP contribution >= 0.6 is 0 Å². The maximum atomic E-state index is 12.1. The third-order valence-corrected chi connectivity index (χ3v) is 4.70. The van der Waals surface area contributed by atoms with Crippen LogP contribution in [0.2, 0.25) is 0 Å². The molecule has 1 fully saturated rings. The van der Waals surface area contributed by atoms with Crippen LogP contribution in [0.5, 0.6) is 0 Å². The molecule has 6 nitrogen and oxygen atoms in total. The van der Waals surface area contributed by atoms with Crippen molar-refractivity contribution in [3.05, 3.63) is 48.3 Å². The van der Waals surface area contributed by atoms with E-state index in [0.717, 1.165) is 43.5 Å². The number of likely N-dealkylation sites (tertiary alicyclic amines) is 1. The van der Waals surface area contributed by atoms with Crippen molar-refractivity contribution in [2.45, 2.75) is 31.7 Å². The first-order valence-electron chi connectivity index (χ1n) is 8.97. The predicted octanol–water partition coefficient (Wildman–Crippen LogP) is 1.38. The second-order valence-electron chi connectivity index (χ2n) is 6.53. The van der Waals surface area contributed by atoms with Gasteiger partial charge in [-0.25, -0.2) is 4.68 Å². The van der Waals surface area contributed by atoms with Gasteiger partial charge in [-0.05, 0) is 43.5 Å². The Morgan fingerprint density at radius 1 is 1.28 bits per heavy atom. The molecule has 0 radical (unpaired) electrons. The van der Waals surface area contributed by atoms with Gasteiger partial charge in [0.2, 0.25) is 5.91 Å². The highest BCUT2D eigenvalue weighted by Gasteiger charge is 2.23. The summed E-state index contributed by atoms with van der Waals surface area (Å²) in [5, 5.41) is 16.8. The summed E-state index contributed by atoms with van der Waals surface area (Å²) in [5.41, 5.74) is 2.12. The van der Waals surface area contributed by atoms with E-state index in [1.807, 2.05) is 47.4 Å². The highest BCUT2D eigenvalue weighted by molar-refractivity contribution is 5.78. The van der Waals surface area contributed by atoms with Gasteiger partial charge < -0.3 is 10.4 Å². The molecule has 1 aromatic heterocycles. The number of hydrogen-bond donors (Lipinski definition) is 2. The monoisotopic (exact) mass is 342 g/mol. The third-order valence-electron chi connectivity index (χ3n) is 4.70. The Morgan fingerprint density at radius 2 is 2.12 bits per heavy atom. The summed E-state index contributed by atoms with van der Waals surface area (Å²) in [6.07, 6.45) is 7.79. The maximum Gasteiger partial charge on any atom is 0.234 e. The van der Waals surface area contributed by atoms with E-state index in [2.05, 4.69) is 15.3 Å². The topological polar surface area (TPSA) is 70.4 Å². The molecule has 0 spiro atoms. The zero-order chi connectivity index (χ0) is 17.5. The molecule has 2 heterocycles. The highest BCUT2D eigenvalue weighted by Crippen LogP contribution is 2.15. The molecule has 3 rings (SSSR count). The van der Waals surface area contributed by atoms with Crippen molar-refractivity contribution in [3.8, 4) is 5.69 Å². The Morgan fingerprint density at radius 3 is 2.92 bits per heavy atom.